The zero-order valence-corrected chi connectivity index (χ0v) is 9.30. The van der Waals surface area contributed by atoms with Gasteiger partial charge in [0.05, 0.1) is 16.8 Å². The van der Waals surface area contributed by atoms with E-state index in [0.717, 1.165) is 18.1 Å². The first-order valence-corrected chi connectivity index (χ1v) is 5.34. The number of anilines is 1. The lowest BCUT2D eigenvalue weighted by Gasteiger charge is -2.13. The fourth-order valence-electron chi connectivity index (χ4n) is 2.10. The Morgan fingerprint density at radius 2 is 2.36 bits per heavy atom. The number of nitrogens with one attached hydrogen (secondary N) is 1. The molecule has 0 spiro atoms. The normalized spacial score (nSPS) is 19.9. The number of halogens is 1. The zero-order valence-electron chi connectivity index (χ0n) is 8.55. The summed E-state index contributed by atoms with van der Waals surface area (Å²) in [4.78, 5) is 2.21. The van der Waals surface area contributed by atoms with Crippen molar-refractivity contribution in [3.63, 3.8) is 0 Å². The van der Waals surface area contributed by atoms with Crippen molar-refractivity contribution in [3.8, 4) is 0 Å². The van der Waals surface area contributed by atoms with Crippen LogP contribution in [0.5, 0.6) is 0 Å². The first-order chi connectivity index (χ1) is 6.74. The van der Waals surface area contributed by atoms with Gasteiger partial charge in [0, 0.05) is 13.6 Å². The number of benzene rings is 1. The van der Waals surface area contributed by atoms with Crippen LogP contribution in [0.1, 0.15) is 18.5 Å². The van der Waals surface area contributed by atoms with Gasteiger partial charge in [0.2, 0.25) is 0 Å². The van der Waals surface area contributed by atoms with Crippen molar-refractivity contribution >= 4 is 17.3 Å². The molecular weight excluding hydrogens is 196 g/mol. The average molecular weight is 211 g/mol. The Morgan fingerprint density at radius 1 is 1.57 bits per heavy atom. The third-order valence-electron chi connectivity index (χ3n) is 2.68. The second kappa shape index (κ2) is 3.79. The summed E-state index contributed by atoms with van der Waals surface area (Å²) in [5.41, 5.74) is 2.50. The van der Waals surface area contributed by atoms with Crippen LogP contribution < -0.4 is 10.2 Å². The van der Waals surface area contributed by atoms with Gasteiger partial charge in [0.25, 0.3) is 0 Å². The van der Waals surface area contributed by atoms with Gasteiger partial charge in [-0.2, -0.15) is 0 Å². The van der Waals surface area contributed by atoms with E-state index in [-0.39, 0.29) is 0 Å². The van der Waals surface area contributed by atoms with Crippen LogP contribution in [0.25, 0.3) is 0 Å². The summed E-state index contributed by atoms with van der Waals surface area (Å²) in [6, 6.07) is 6.55. The van der Waals surface area contributed by atoms with E-state index in [1.54, 1.807) is 0 Å². The number of hydrogen-bond donors (Lipinski definition) is 1. The van der Waals surface area contributed by atoms with Gasteiger partial charge in [0.1, 0.15) is 0 Å². The van der Waals surface area contributed by atoms with Gasteiger partial charge in [-0.15, -0.1) is 0 Å². The van der Waals surface area contributed by atoms with Crippen LogP contribution in [0, 0.1) is 0 Å². The van der Waals surface area contributed by atoms with Crippen LogP contribution in [-0.2, 0) is 0 Å². The Hall–Kier alpha value is -0.730. The molecule has 1 aliphatic heterocycles. The first kappa shape index (κ1) is 9.81. The van der Waals surface area contributed by atoms with Gasteiger partial charge < -0.3 is 10.2 Å². The van der Waals surface area contributed by atoms with Crippen LogP contribution in [0.3, 0.4) is 0 Å². The Bertz CT molecular complexity index is 338. The van der Waals surface area contributed by atoms with Gasteiger partial charge in [-0.3, -0.25) is 0 Å². The fraction of sp³-hybridized carbons (Fsp3) is 0.455. The van der Waals surface area contributed by atoms with Gasteiger partial charge in [-0.1, -0.05) is 30.7 Å². The average Bonchev–Trinajstić information content (AvgIpc) is 2.46. The summed E-state index contributed by atoms with van der Waals surface area (Å²) >= 11 is 6.16. The van der Waals surface area contributed by atoms with Crippen molar-refractivity contribution in [1.29, 1.82) is 0 Å². The van der Waals surface area contributed by atoms with E-state index in [2.05, 4.69) is 30.3 Å². The number of para-hydroxylation sites is 1. The molecule has 1 aromatic carbocycles. The number of rotatable bonds is 2. The highest BCUT2D eigenvalue weighted by Gasteiger charge is 2.26. The molecule has 0 bridgehead atoms. The van der Waals surface area contributed by atoms with Crippen molar-refractivity contribution in [2.24, 2.45) is 0 Å². The molecular formula is C11H15ClN2. The molecule has 1 aliphatic rings. The highest BCUT2D eigenvalue weighted by molar-refractivity contribution is 6.33. The standard InChI is InChI=1S/C11H15ClN2/c1-3-13-10-7-14(2)11-8(10)5-4-6-9(11)12/h4-6,10,13H,3,7H2,1-2H3. The smallest absolute Gasteiger partial charge is 0.0642 e. The summed E-state index contributed by atoms with van der Waals surface area (Å²) in [7, 11) is 2.09. The topological polar surface area (TPSA) is 15.3 Å². The molecule has 3 heteroatoms. The van der Waals surface area contributed by atoms with E-state index >= 15 is 0 Å². The van der Waals surface area contributed by atoms with Crippen molar-refractivity contribution in [1.82, 2.24) is 5.32 Å². The summed E-state index contributed by atoms with van der Waals surface area (Å²) in [6.45, 7) is 4.12. The van der Waals surface area contributed by atoms with E-state index in [0.29, 0.717) is 6.04 Å². The zero-order chi connectivity index (χ0) is 10.1. The van der Waals surface area contributed by atoms with Crippen molar-refractivity contribution < 1.29 is 0 Å². The summed E-state index contributed by atoms with van der Waals surface area (Å²) in [5.74, 6) is 0. The predicted molar refractivity (Wildman–Crippen MR) is 61.1 cm³/mol. The lowest BCUT2D eigenvalue weighted by molar-refractivity contribution is 0.579. The highest BCUT2D eigenvalue weighted by Crippen LogP contribution is 2.38. The van der Waals surface area contributed by atoms with Crippen LogP contribution in [0.2, 0.25) is 5.02 Å². The minimum absolute atomic E-state index is 0.429. The largest absolute Gasteiger partial charge is 0.371 e. The number of hydrogen-bond acceptors (Lipinski definition) is 2. The third kappa shape index (κ3) is 1.49. The Kier molecular flexibility index (Phi) is 2.66. The van der Waals surface area contributed by atoms with Gasteiger partial charge in [-0.25, -0.2) is 0 Å². The maximum absolute atomic E-state index is 6.16. The number of nitrogens with zero attached hydrogens (tertiary/aromatic N) is 1. The van der Waals surface area contributed by atoms with Gasteiger partial charge in [-0.05, 0) is 18.2 Å². The van der Waals surface area contributed by atoms with Crippen molar-refractivity contribution in [3.05, 3.63) is 28.8 Å². The van der Waals surface area contributed by atoms with E-state index < -0.39 is 0 Å². The van der Waals surface area contributed by atoms with Crippen LogP contribution in [0.4, 0.5) is 5.69 Å². The van der Waals surface area contributed by atoms with Crippen molar-refractivity contribution in [2.45, 2.75) is 13.0 Å². The fourth-order valence-corrected chi connectivity index (χ4v) is 2.43. The van der Waals surface area contributed by atoms with Gasteiger partial charge >= 0.3 is 0 Å². The molecule has 0 fully saturated rings. The minimum atomic E-state index is 0.429. The van der Waals surface area contributed by atoms with Crippen molar-refractivity contribution in [2.75, 3.05) is 25.0 Å². The molecule has 1 heterocycles. The molecule has 2 rings (SSSR count). The number of likely N-dealkylation sites (N-methyl/N-ethyl adjacent to an activating group) is 2. The maximum Gasteiger partial charge on any atom is 0.0642 e. The quantitative estimate of drug-likeness (QED) is 0.807. The lowest BCUT2D eigenvalue weighted by atomic mass is 10.1. The summed E-state index contributed by atoms with van der Waals surface area (Å²) < 4.78 is 0. The summed E-state index contributed by atoms with van der Waals surface area (Å²) in [6.07, 6.45) is 0. The SMILES string of the molecule is CCNC1CN(C)c2c(Cl)cccc21. The van der Waals surface area contributed by atoms with E-state index in [1.807, 2.05) is 12.1 Å². The van der Waals surface area contributed by atoms with Gasteiger partial charge in [0.15, 0.2) is 0 Å². The Labute approximate surface area is 89.9 Å². The molecule has 76 valence electrons. The molecule has 0 aromatic heterocycles. The lowest BCUT2D eigenvalue weighted by Crippen LogP contribution is -2.25. The highest BCUT2D eigenvalue weighted by atomic mass is 35.5. The molecule has 2 nitrogen and oxygen atoms in total. The number of fused-ring (bicyclic) bond motifs is 1. The first-order valence-electron chi connectivity index (χ1n) is 4.97. The molecule has 1 atom stereocenters. The second-order valence-electron chi connectivity index (χ2n) is 3.67. The Morgan fingerprint density at radius 3 is 3.07 bits per heavy atom. The molecule has 0 radical (unpaired) electrons. The predicted octanol–water partition coefficient (Wildman–Crippen LogP) is 2.44. The van der Waals surface area contributed by atoms with Crippen LogP contribution in [0.15, 0.2) is 18.2 Å². The summed E-state index contributed by atoms with van der Waals surface area (Å²) in [5, 5.41) is 4.31. The third-order valence-corrected chi connectivity index (χ3v) is 2.99. The molecule has 0 aliphatic carbocycles. The van der Waals surface area contributed by atoms with E-state index in [4.69, 9.17) is 11.6 Å². The molecule has 0 saturated carbocycles. The Balaban J connectivity index is 2.39. The molecule has 14 heavy (non-hydrogen) atoms. The van der Waals surface area contributed by atoms with Crippen LogP contribution >= 0.6 is 11.6 Å². The van der Waals surface area contributed by atoms with E-state index in [9.17, 15) is 0 Å². The second-order valence-corrected chi connectivity index (χ2v) is 4.08. The molecule has 0 amide bonds. The molecule has 0 saturated heterocycles. The minimum Gasteiger partial charge on any atom is -0.371 e. The maximum atomic E-state index is 6.16. The molecule has 1 aromatic rings. The van der Waals surface area contributed by atoms with Crippen LogP contribution in [-0.4, -0.2) is 20.1 Å². The molecule has 1 N–H and O–H groups in total. The molecule has 1 unspecified atom stereocenters. The van der Waals surface area contributed by atoms with E-state index in [1.165, 1.54) is 11.3 Å². The monoisotopic (exact) mass is 210 g/mol.